The van der Waals surface area contributed by atoms with Crippen LogP contribution in [0.25, 0.3) is 11.3 Å². The first-order valence-electron chi connectivity index (χ1n) is 9.87. The van der Waals surface area contributed by atoms with Gasteiger partial charge >= 0.3 is 0 Å². The van der Waals surface area contributed by atoms with Crippen LogP contribution in [0.2, 0.25) is 0 Å². The Balaban J connectivity index is 1.71. The van der Waals surface area contributed by atoms with Crippen LogP contribution >= 0.6 is 0 Å². The number of pyridine rings is 1. The molecule has 0 spiro atoms. The fourth-order valence-corrected chi connectivity index (χ4v) is 4.20. The average molecular weight is 389 g/mol. The van der Waals surface area contributed by atoms with Crippen LogP contribution in [0.1, 0.15) is 36.3 Å². The Morgan fingerprint density at radius 2 is 1.86 bits per heavy atom. The minimum absolute atomic E-state index is 0.0759. The lowest BCUT2D eigenvalue weighted by atomic mass is 9.76. The lowest BCUT2D eigenvalue weighted by molar-refractivity contribution is 0.0912. The van der Waals surface area contributed by atoms with Crippen LogP contribution in [-0.4, -0.2) is 29.0 Å². The van der Waals surface area contributed by atoms with Crippen molar-refractivity contribution in [2.75, 3.05) is 18.5 Å². The molecule has 29 heavy (non-hydrogen) atoms. The molecule has 6 nitrogen and oxygen atoms in total. The number of ketones is 1. The molecule has 6 heteroatoms. The third-order valence-corrected chi connectivity index (χ3v) is 5.40. The smallest absolute Gasteiger partial charge is 0.257 e. The zero-order valence-corrected chi connectivity index (χ0v) is 16.5. The summed E-state index contributed by atoms with van der Waals surface area (Å²) in [7, 11) is 0. The fourth-order valence-electron chi connectivity index (χ4n) is 4.20. The van der Waals surface area contributed by atoms with Gasteiger partial charge in [-0.25, -0.2) is 4.98 Å². The van der Waals surface area contributed by atoms with Gasteiger partial charge in [0, 0.05) is 29.6 Å². The number of Topliss-reactive ketones (excluding diaryl/α,β-unsaturated/α-hetero) is 1. The maximum absolute atomic E-state index is 13.1. The van der Waals surface area contributed by atoms with E-state index in [0.29, 0.717) is 31.3 Å². The van der Waals surface area contributed by atoms with Crippen molar-refractivity contribution in [2.24, 2.45) is 5.41 Å². The van der Waals surface area contributed by atoms with Crippen LogP contribution in [-0.2, 0) is 6.42 Å². The molecule has 0 fully saturated rings. The highest BCUT2D eigenvalue weighted by Gasteiger charge is 2.36. The topological polar surface area (TPSA) is 76.2 Å². The van der Waals surface area contributed by atoms with E-state index in [1.165, 1.54) is 0 Å². The summed E-state index contributed by atoms with van der Waals surface area (Å²) in [6.07, 6.45) is 3.04. The first kappa shape index (κ1) is 17.8. The summed E-state index contributed by atoms with van der Waals surface area (Å²) in [6.45, 7) is 5.21. The minimum Gasteiger partial charge on any atom is -0.484 e. The van der Waals surface area contributed by atoms with E-state index in [1.807, 2.05) is 36.4 Å². The second-order valence-corrected chi connectivity index (χ2v) is 8.35. The Labute approximate surface area is 169 Å². The third kappa shape index (κ3) is 3.14. The van der Waals surface area contributed by atoms with Crippen molar-refractivity contribution in [3.63, 3.8) is 0 Å². The van der Waals surface area contributed by atoms with Crippen LogP contribution in [0.15, 0.2) is 42.6 Å². The molecule has 0 saturated carbocycles. The first-order chi connectivity index (χ1) is 14.0. The Bertz CT molecular complexity index is 1090. The fraction of sp³-hybridized carbons (Fsp3) is 0.304. The van der Waals surface area contributed by atoms with Gasteiger partial charge in [-0.15, -0.1) is 0 Å². The monoisotopic (exact) mass is 389 g/mol. The summed E-state index contributed by atoms with van der Waals surface area (Å²) in [5, 5.41) is 3.47. The van der Waals surface area contributed by atoms with Gasteiger partial charge in [-0.05, 0) is 30.0 Å². The number of rotatable bonds is 3. The summed E-state index contributed by atoms with van der Waals surface area (Å²) in [5.74, 6) is 1.25. The second kappa shape index (κ2) is 6.65. The zero-order chi connectivity index (χ0) is 20.0. The van der Waals surface area contributed by atoms with E-state index in [0.717, 1.165) is 40.3 Å². The average Bonchev–Trinajstić information content (AvgIpc) is 3.05. The van der Waals surface area contributed by atoms with Crippen molar-refractivity contribution < 1.29 is 14.3 Å². The van der Waals surface area contributed by atoms with Gasteiger partial charge in [-0.2, -0.15) is 0 Å². The molecule has 2 aromatic heterocycles. The molecule has 1 aliphatic carbocycles. The van der Waals surface area contributed by atoms with E-state index in [1.54, 1.807) is 6.20 Å². The molecular formula is C23H23N3O3. The summed E-state index contributed by atoms with van der Waals surface area (Å²) in [4.78, 5) is 20.9. The number of nitrogens with one attached hydrogen (secondary N) is 2. The van der Waals surface area contributed by atoms with Gasteiger partial charge in [-0.3, -0.25) is 4.79 Å². The molecule has 0 amide bonds. The number of ether oxygens (including phenoxy) is 2. The molecule has 0 atom stereocenters. The van der Waals surface area contributed by atoms with Crippen molar-refractivity contribution in [3.05, 3.63) is 53.9 Å². The molecule has 0 bridgehead atoms. The van der Waals surface area contributed by atoms with E-state index in [9.17, 15) is 4.79 Å². The summed E-state index contributed by atoms with van der Waals surface area (Å²) in [5.41, 5.74) is 5.00. The number of nitrogens with zero attached hydrogens (tertiary/aromatic N) is 1. The molecule has 2 N–H and O–H groups in total. The minimum atomic E-state index is -0.0759. The van der Waals surface area contributed by atoms with Crippen LogP contribution in [0.3, 0.4) is 0 Å². The highest BCUT2D eigenvalue weighted by Crippen LogP contribution is 2.47. The predicted molar refractivity (Wildman–Crippen MR) is 111 cm³/mol. The molecule has 1 aromatic carbocycles. The van der Waals surface area contributed by atoms with Gasteiger partial charge in [0.15, 0.2) is 11.5 Å². The molecule has 5 rings (SSSR count). The molecule has 0 unspecified atom stereocenters. The lowest BCUT2D eigenvalue weighted by Gasteiger charge is -2.28. The van der Waals surface area contributed by atoms with Crippen molar-refractivity contribution in [1.29, 1.82) is 0 Å². The van der Waals surface area contributed by atoms with Crippen LogP contribution < -0.4 is 14.8 Å². The predicted octanol–water partition coefficient (Wildman–Crippen LogP) is 4.75. The number of H-pyrrole nitrogens is 1. The van der Waals surface area contributed by atoms with Crippen LogP contribution in [0, 0.1) is 5.41 Å². The molecule has 1 aliphatic heterocycles. The number of benzene rings is 1. The Kier molecular flexibility index (Phi) is 4.08. The number of anilines is 2. The van der Waals surface area contributed by atoms with Gasteiger partial charge in [0.1, 0.15) is 13.2 Å². The standard InChI is InChI=1S/C23H23N3O3/c1-23(2)12-16-18(17(27)13-23)20(25-14-6-4-3-5-7-14)19(26-16)15-8-9-24-22-21(15)28-10-11-29-22/h3-9,25-26H,10-13H2,1-2H3. The lowest BCUT2D eigenvalue weighted by Crippen LogP contribution is -2.26. The quantitative estimate of drug-likeness (QED) is 0.676. The van der Waals surface area contributed by atoms with Crippen LogP contribution in [0.5, 0.6) is 11.6 Å². The summed E-state index contributed by atoms with van der Waals surface area (Å²) in [6, 6.07) is 11.8. The van der Waals surface area contributed by atoms with E-state index in [2.05, 4.69) is 29.1 Å². The number of carbonyl (C=O) groups excluding carboxylic acids is 1. The molecule has 2 aliphatic rings. The van der Waals surface area contributed by atoms with E-state index >= 15 is 0 Å². The van der Waals surface area contributed by atoms with Crippen molar-refractivity contribution in [3.8, 4) is 22.9 Å². The number of fused-ring (bicyclic) bond motifs is 2. The molecule has 3 aromatic rings. The van der Waals surface area contributed by atoms with Gasteiger partial charge in [0.2, 0.25) is 0 Å². The first-order valence-corrected chi connectivity index (χ1v) is 9.87. The van der Waals surface area contributed by atoms with Gasteiger partial charge in [-0.1, -0.05) is 32.0 Å². The summed E-state index contributed by atoms with van der Waals surface area (Å²) >= 11 is 0. The van der Waals surface area contributed by atoms with E-state index < -0.39 is 0 Å². The molecule has 0 saturated heterocycles. The van der Waals surface area contributed by atoms with Crippen molar-refractivity contribution >= 4 is 17.2 Å². The number of aromatic amines is 1. The Hall–Kier alpha value is -3.28. The highest BCUT2D eigenvalue weighted by atomic mass is 16.6. The zero-order valence-electron chi connectivity index (χ0n) is 16.5. The molecule has 148 valence electrons. The summed E-state index contributed by atoms with van der Waals surface area (Å²) < 4.78 is 11.6. The maximum atomic E-state index is 13.1. The highest BCUT2D eigenvalue weighted by molar-refractivity contribution is 6.08. The van der Waals surface area contributed by atoms with E-state index in [4.69, 9.17) is 9.47 Å². The Morgan fingerprint density at radius 1 is 1.07 bits per heavy atom. The largest absolute Gasteiger partial charge is 0.484 e. The maximum Gasteiger partial charge on any atom is 0.257 e. The third-order valence-electron chi connectivity index (χ3n) is 5.40. The Morgan fingerprint density at radius 3 is 2.69 bits per heavy atom. The number of para-hydroxylation sites is 1. The van der Waals surface area contributed by atoms with Crippen molar-refractivity contribution in [2.45, 2.75) is 26.7 Å². The van der Waals surface area contributed by atoms with Crippen LogP contribution in [0.4, 0.5) is 11.4 Å². The molecular weight excluding hydrogens is 366 g/mol. The van der Waals surface area contributed by atoms with Gasteiger partial charge in [0.25, 0.3) is 5.88 Å². The van der Waals surface area contributed by atoms with Crippen molar-refractivity contribution in [1.82, 2.24) is 9.97 Å². The molecule has 0 radical (unpaired) electrons. The normalized spacial score (nSPS) is 17.0. The number of hydrogen-bond donors (Lipinski definition) is 2. The van der Waals surface area contributed by atoms with E-state index in [-0.39, 0.29) is 11.2 Å². The van der Waals surface area contributed by atoms with Gasteiger partial charge in [0.05, 0.1) is 16.9 Å². The second-order valence-electron chi connectivity index (χ2n) is 8.35. The number of hydrogen-bond acceptors (Lipinski definition) is 5. The SMILES string of the molecule is CC1(C)CC(=O)c2c([nH]c(-c3ccnc4c3OCCO4)c2Nc2ccccc2)C1. The van der Waals surface area contributed by atoms with Gasteiger partial charge < -0.3 is 19.8 Å². The number of aromatic nitrogens is 2. The molecule has 3 heterocycles. The number of carbonyl (C=O) groups is 1.